The quantitative estimate of drug-likeness (QED) is 0.748. The first-order valence-corrected chi connectivity index (χ1v) is 7.23. The van der Waals surface area contributed by atoms with Crippen LogP contribution in [0, 0.1) is 0 Å². The molecule has 1 aromatic carbocycles. The number of benzene rings is 1. The first-order valence-electron chi connectivity index (χ1n) is 6.47. The number of carboxylic acid groups (broad SMARTS) is 1. The van der Waals surface area contributed by atoms with Gasteiger partial charge < -0.3 is 15.5 Å². The van der Waals surface area contributed by atoms with Crippen molar-refractivity contribution in [3.63, 3.8) is 0 Å². The Balaban J connectivity index is 1.97. The molecule has 1 aromatic heterocycles. The number of aliphatic hydroxyl groups excluding tert-OH is 1. The van der Waals surface area contributed by atoms with Crippen LogP contribution >= 0.6 is 23.2 Å². The Morgan fingerprint density at radius 3 is 2.59 bits per heavy atom. The summed E-state index contributed by atoms with van der Waals surface area (Å²) in [6.45, 7) is 0.505. The molecule has 1 atom stereocenters. The van der Waals surface area contributed by atoms with Crippen molar-refractivity contribution in [2.24, 2.45) is 7.05 Å². The minimum atomic E-state index is -1.08. The van der Waals surface area contributed by atoms with E-state index in [1.54, 1.807) is 31.4 Å². The van der Waals surface area contributed by atoms with E-state index in [0.29, 0.717) is 21.2 Å². The number of carboxylic acids is 1. The maximum atomic E-state index is 11.0. The number of aromatic carboxylic acids is 1. The van der Waals surface area contributed by atoms with E-state index in [1.807, 2.05) is 0 Å². The van der Waals surface area contributed by atoms with E-state index in [-0.39, 0.29) is 18.8 Å². The van der Waals surface area contributed by atoms with Gasteiger partial charge in [0.1, 0.15) is 0 Å². The first-order chi connectivity index (χ1) is 10.4. The number of hydrogen-bond donors (Lipinski definition) is 3. The van der Waals surface area contributed by atoms with Crippen LogP contribution in [-0.2, 0) is 13.6 Å². The van der Waals surface area contributed by atoms with Crippen molar-refractivity contribution < 1.29 is 15.0 Å². The Labute approximate surface area is 137 Å². The van der Waals surface area contributed by atoms with Crippen LogP contribution in [-0.4, -0.2) is 32.5 Å². The van der Waals surface area contributed by atoms with Gasteiger partial charge in [-0.1, -0.05) is 23.2 Å². The van der Waals surface area contributed by atoms with Crippen LogP contribution in [0.15, 0.2) is 24.4 Å². The van der Waals surface area contributed by atoms with Gasteiger partial charge in [0.05, 0.1) is 6.10 Å². The molecule has 0 saturated carbocycles. The van der Waals surface area contributed by atoms with Gasteiger partial charge in [-0.25, -0.2) is 4.79 Å². The summed E-state index contributed by atoms with van der Waals surface area (Å²) in [4.78, 5) is 11.0. The maximum absolute atomic E-state index is 11.0. The highest BCUT2D eigenvalue weighted by atomic mass is 35.5. The molecule has 0 radical (unpaired) electrons. The largest absolute Gasteiger partial charge is 0.476 e. The van der Waals surface area contributed by atoms with Gasteiger partial charge >= 0.3 is 5.97 Å². The topological polar surface area (TPSA) is 87.4 Å². The maximum Gasteiger partial charge on any atom is 0.356 e. The molecular formula is C14H15Cl2N3O3. The van der Waals surface area contributed by atoms with Crippen molar-refractivity contribution in [2.45, 2.75) is 12.6 Å². The SMILES string of the molecule is Cn1cc(CNCC(O)c2cc(Cl)cc(Cl)c2)c(C(=O)O)n1. The van der Waals surface area contributed by atoms with Crippen molar-refractivity contribution in [2.75, 3.05) is 6.54 Å². The van der Waals surface area contributed by atoms with Crippen molar-refractivity contribution in [1.29, 1.82) is 0 Å². The molecule has 0 saturated heterocycles. The average molecular weight is 344 g/mol. The van der Waals surface area contributed by atoms with Crippen LogP contribution in [0.3, 0.4) is 0 Å². The van der Waals surface area contributed by atoms with Gasteiger partial charge in [-0.3, -0.25) is 4.68 Å². The number of halogens is 2. The zero-order valence-electron chi connectivity index (χ0n) is 11.8. The first kappa shape index (κ1) is 16.8. The second-order valence-corrected chi connectivity index (χ2v) is 5.70. The third kappa shape index (κ3) is 4.20. The van der Waals surface area contributed by atoms with Crippen molar-refractivity contribution in [1.82, 2.24) is 15.1 Å². The van der Waals surface area contributed by atoms with E-state index < -0.39 is 12.1 Å². The third-order valence-corrected chi connectivity index (χ3v) is 3.47. The van der Waals surface area contributed by atoms with Crippen molar-refractivity contribution in [3.05, 3.63) is 51.3 Å². The summed E-state index contributed by atoms with van der Waals surface area (Å²) in [5, 5.41) is 26.9. The predicted octanol–water partition coefficient (Wildman–Crippen LogP) is 2.25. The highest BCUT2D eigenvalue weighted by Gasteiger charge is 2.15. The molecule has 22 heavy (non-hydrogen) atoms. The number of hydrogen-bond acceptors (Lipinski definition) is 4. The fourth-order valence-corrected chi connectivity index (χ4v) is 2.62. The molecule has 8 heteroatoms. The zero-order chi connectivity index (χ0) is 16.3. The van der Waals surface area contributed by atoms with Gasteiger partial charge in [0.15, 0.2) is 5.69 Å². The number of rotatable bonds is 6. The van der Waals surface area contributed by atoms with Crippen LogP contribution in [0.1, 0.15) is 27.7 Å². The number of aromatic nitrogens is 2. The van der Waals surface area contributed by atoms with Gasteiger partial charge in [0.25, 0.3) is 0 Å². The second-order valence-electron chi connectivity index (χ2n) is 4.83. The number of aliphatic hydroxyl groups is 1. The molecule has 0 aliphatic heterocycles. The van der Waals surface area contributed by atoms with Crippen LogP contribution in [0.2, 0.25) is 10.0 Å². The summed E-state index contributed by atoms with van der Waals surface area (Å²) >= 11 is 11.8. The summed E-state index contributed by atoms with van der Waals surface area (Å²) in [6, 6.07) is 4.85. The summed E-state index contributed by atoms with van der Waals surface area (Å²) < 4.78 is 1.44. The smallest absolute Gasteiger partial charge is 0.356 e. The minimum Gasteiger partial charge on any atom is -0.476 e. The highest BCUT2D eigenvalue weighted by molar-refractivity contribution is 6.34. The fraction of sp³-hybridized carbons (Fsp3) is 0.286. The standard InChI is InChI=1S/C14H15Cl2N3O3/c1-19-7-9(13(18-19)14(21)22)5-17-6-12(20)8-2-10(15)4-11(16)3-8/h2-4,7,12,17,20H,5-6H2,1H3,(H,21,22). The van der Waals surface area contributed by atoms with Crippen LogP contribution in [0.5, 0.6) is 0 Å². The third-order valence-electron chi connectivity index (χ3n) is 3.03. The summed E-state index contributed by atoms with van der Waals surface area (Å²) in [6.07, 6.45) is 0.820. The minimum absolute atomic E-state index is 0.00436. The molecule has 2 aromatic rings. The van der Waals surface area contributed by atoms with E-state index in [1.165, 1.54) is 4.68 Å². The lowest BCUT2D eigenvalue weighted by molar-refractivity contribution is 0.0688. The van der Waals surface area contributed by atoms with E-state index in [9.17, 15) is 9.90 Å². The molecule has 0 fully saturated rings. The molecule has 2 rings (SSSR count). The Kier molecular flexibility index (Phi) is 5.42. The molecule has 0 amide bonds. The fourth-order valence-electron chi connectivity index (χ4n) is 2.08. The molecule has 0 spiro atoms. The van der Waals surface area contributed by atoms with E-state index in [2.05, 4.69) is 10.4 Å². The molecule has 0 aliphatic rings. The lowest BCUT2D eigenvalue weighted by Crippen LogP contribution is -2.22. The van der Waals surface area contributed by atoms with Gasteiger partial charge in [-0.15, -0.1) is 0 Å². The molecule has 6 nitrogen and oxygen atoms in total. The van der Waals surface area contributed by atoms with Crippen molar-refractivity contribution >= 4 is 29.2 Å². The molecule has 1 heterocycles. The lowest BCUT2D eigenvalue weighted by Gasteiger charge is -2.13. The normalized spacial score (nSPS) is 12.4. The van der Waals surface area contributed by atoms with E-state index in [0.717, 1.165) is 0 Å². The van der Waals surface area contributed by atoms with Crippen LogP contribution in [0.25, 0.3) is 0 Å². The Morgan fingerprint density at radius 1 is 1.36 bits per heavy atom. The van der Waals surface area contributed by atoms with Crippen LogP contribution < -0.4 is 5.32 Å². The Morgan fingerprint density at radius 2 is 2.00 bits per heavy atom. The summed E-state index contributed by atoms with van der Waals surface area (Å²) in [5.41, 5.74) is 1.14. The lowest BCUT2D eigenvalue weighted by atomic mass is 10.1. The number of carbonyl (C=O) groups is 1. The molecule has 1 unspecified atom stereocenters. The molecule has 3 N–H and O–H groups in total. The molecule has 0 aliphatic carbocycles. The molecular weight excluding hydrogens is 329 g/mol. The predicted molar refractivity (Wildman–Crippen MR) is 83.3 cm³/mol. The van der Waals surface area contributed by atoms with E-state index >= 15 is 0 Å². The zero-order valence-corrected chi connectivity index (χ0v) is 13.3. The van der Waals surface area contributed by atoms with Gasteiger partial charge in [0, 0.05) is 41.9 Å². The molecule has 0 bridgehead atoms. The number of nitrogens with one attached hydrogen (secondary N) is 1. The Hall–Kier alpha value is -1.60. The van der Waals surface area contributed by atoms with Gasteiger partial charge in [-0.2, -0.15) is 5.10 Å². The summed E-state index contributed by atoms with van der Waals surface area (Å²) in [5.74, 6) is -1.08. The number of aryl methyl sites for hydroxylation is 1. The highest BCUT2D eigenvalue weighted by Crippen LogP contribution is 2.23. The average Bonchev–Trinajstić information content (AvgIpc) is 2.79. The van der Waals surface area contributed by atoms with Gasteiger partial charge in [-0.05, 0) is 23.8 Å². The monoisotopic (exact) mass is 343 g/mol. The Bertz CT molecular complexity index is 668. The number of nitrogens with zero attached hydrogens (tertiary/aromatic N) is 2. The van der Waals surface area contributed by atoms with Crippen molar-refractivity contribution in [3.8, 4) is 0 Å². The van der Waals surface area contributed by atoms with E-state index in [4.69, 9.17) is 28.3 Å². The van der Waals surface area contributed by atoms with Gasteiger partial charge in [0.2, 0.25) is 0 Å². The summed E-state index contributed by atoms with van der Waals surface area (Å²) in [7, 11) is 1.65. The molecule has 118 valence electrons. The second kappa shape index (κ2) is 7.11. The van der Waals surface area contributed by atoms with Crippen LogP contribution in [0.4, 0.5) is 0 Å².